The van der Waals surface area contributed by atoms with E-state index in [9.17, 15) is 48.8 Å². The first-order valence-electron chi connectivity index (χ1n) is 13.2. The minimum absolute atomic E-state index is 0.0000848. The second-order valence-corrected chi connectivity index (χ2v) is 15.4. The zero-order valence-corrected chi connectivity index (χ0v) is 27.4. The Morgan fingerprint density at radius 1 is 0.851 bits per heavy atom. The molecule has 1 aromatic heterocycles. The Hall–Kier alpha value is -4.21. The first-order valence-corrected chi connectivity index (χ1v) is 18.4. The molecule has 15 nitrogen and oxygen atoms in total. The average Bonchev–Trinajstić information content (AvgIpc) is 3.39. The molecule has 0 fully saturated rings. The Morgan fingerprint density at radius 3 is 2.13 bits per heavy atom. The summed E-state index contributed by atoms with van der Waals surface area (Å²) in [5, 5.41) is 21.0. The highest BCUT2D eigenvalue weighted by Crippen LogP contribution is 2.39. The standard InChI is InChI=1S/C28H24N4O11S4/c1-14-7-10-21-25(26(14)47(41,42)43)44-28(30-21)19-9-8-16(13-23(19)46(38,39)40)31-32-24(15(2)33)27(34)29-20-11-12-22(45(35,36)37)18-6-4-3-5-17(18)20/h3-13,15,24,33H,1-2H3,(H,29,34)(H,35,36,37)(H,38,39,40)(H,41,42,43)/t15-,24-/m0/s1. The number of anilines is 1. The fourth-order valence-electron chi connectivity index (χ4n) is 4.77. The molecule has 4 aromatic carbocycles. The zero-order valence-electron chi connectivity index (χ0n) is 24.1. The lowest BCUT2D eigenvalue weighted by Crippen LogP contribution is -2.34. The number of nitrogens with zero attached hydrogens (tertiary/aromatic N) is 3. The van der Waals surface area contributed by atoms with Crippen molar-refractivity contribution in [1.82, 2.24) is 4.98 Å². The van der Waals surface area contributed by atoms with Crippen molar-refractivity contribution >= 4 is 80.0 Å². The number of amides is 1. The molecule has 0 aliphatic heterocycles. The van der Waals surface area contributed by atoms with E-state index in [0.717, 1.165) is 23.5 Å². The molecule has 1 amide bonds. The maximum atomic E-state index is 13.2. The first kappa shape index (κ1) is 34.1. The molecule has 0 aliphatic rings. The van der Waals surface area contributed by atoms with Gasteiger partial charge in [-0.3, -0.25) is 18.5 Å². The van der Waals surface area contributed by atoms with Gasteiger partial charge in [-0.1, -0.05) is 30.3 Å². The molecule has 19 heteroatoms. The topological polar surface area (TPSA) is 250 Å². The van der Waals surface area contributed by atoms with E-state index in [1.165, 1.54) is 62.4 Å². The molecule has 5 rings (SSSR count). The van der Waals surface area contributed by atoms with Crippen LogP contribution >= 0.6 is 11.3 Å². The average molecular weight is 721 g/mol. The molecule has 2 atom stereocenters. The number of hydrogen-bond donors (Lipinski definition) is 5. The Balaban J connectivity index is 1.50. The summed E-state index contributed by atoms with van der Waals surface area (Å²) in [6.07, 6.45) is -1.41. The fourth-order valence-corrected chi connectivity index (χ4v) is 8.60. The van der Waals surface area contributed by atoms with Gasteiger partial charge in [-0.2, -0.15) is 35.5 Å². The number of carbonyl (C=O) groups excluding carboxylic acids is 1. The maximum absolute atomic E-state index is 13.2. The van der Waals surface area contributed by atoms with Gasteiger partial charge in [0.05, 0.1) is 22.0 Å². The molecule has 0 saturated carbocycles. The third-order valence-electron chi connectivity index (χ3n) is 6.88. The number of rotatable bonds is 9. The minimum Gasteiger partial charge on any atom is -0.391 e. The summed E-state index contributed by atoms with van der Waals surface area (Å²) in [7, 11) is -14.2. The van der Waals surface area contributed by atoms with Crippen LogP contribution in [-0.4, -0.2) is 67.1 Å². The van der Waals surface area contributed by atoms with E-state index >= 15 is 0 Å². The van der Waals surface area contributed by atoms with E-state index in [2.05, 4.69) is 20.5 Å². The number of fused-ring (bicyclic) bond motifs is 2. The summed E-state index contributed by atoms with van der Waals surface area (Å²) < 4.78 is 102. The number of aliphatic hydroxyl groups is 1. The summed E-state index contributed by atoms with van der Waals surface area (Å²) in [5.41, 5.74) is 0.260. The Kier molecular flexibility index (Phi) is 9.03. The number of thiazole rings is 1. The monoisotopic (exact) mass is 720 g/mol. The number of azo groups is 1. The Labute approximate surface area is 271 Å². The number of aryl methyl sites for hydroxylation is 1. The van der Waals surface area contributed by atoms with Gasteiger partial charge in [0.2, 0.25) is 0 Å². The van der Waals surface area contributed by atoms with E-state index in [-0.39, 0.29) is 58.3 Å². The Bertz CT molecular complexity index is 2440. The van der Waals surface area contributed by atoms with Crippen LogP contribution in [0.5, 0.6) is 0 Å². The van der Waals surface area contributed by atoms with Crippen LogP contribution in [0.2, 0.25) is 0 Å². The lowest BCUT2D eigenvalue weighted by atomic mass is 10.1. The van der Waals surface area contributed by atoms with E-state index in [1.807, 2.05) is 0 Å². The molecule has 0 radical (unpaired) electrons. The van der Waals surface area contributed by atoms with Crippen LogP contribution in [0.1, 0.15) is 12.5 Å². The largest absolute Gasteiger partial charge is 0.391 e. The predicted octanol–water partition coefficient (Wildman–Crippen LogP) is 4.64. The molecular weight excluding hydrogens is 697 g/mol. The maximum Gasteiger partial charge on any atom is 0.296 e. The van der Waals surface area contributed by atoms with Gasteiger partial charge < -0.3 is 10.4 Å². The van der Waals surface area contributed by atoms with E-state index in [4.69, 9.17) is 0 Å². The van der Waals surface area contributed by atoms with Gasteiger partial charge in [0.25, 0.3) is 36.3 Å². The molecule has 0 unspecified atom stereocenters. The molecule has 0 saturated heterocycles. The van der Waals surface area contributed by atoms with Crippen LogP contribution in [0, 0.1) is 6.92 Å². The van der Waals surface area contributed by atoms with E-state index < -0.39 is 53.3 Å². The summed E-state index contributed by atoms with van der Waals surface area (Å²) in [6.45, 7) is 2.72. The molecular formula is C28H24N4O11S4. The second-order valence-electron chi connectivity index (χ2n) is 10.2. The van der Waals surface area contributed by atoms with Crippen molar-refractivity contribution in [2.75, 3.05) is 5.32 Å². The molecule has 1 heterocycles. The molecule has 0 spiro atoms. The molecule has 5 N–H and O–H groups in total. The normalized spacial score (nSPS) is 14.1. The van der Waals surface area contributed by atoms with Crippen molar-refractivity contribution < 1.29 is 48.8 Å². The lowest BCUT2D eigenvalue weighted by molar-refractivity contribution is -0.119. The van der Waals surface area contributed by atoms with Gasteiger partial charge in [0.15, 0.2) is 6.04 Å². The quantitative estimate of drug-likeness (QED) is 0.103. The summed E-state index contributed by atoms with van der Waals surface area (Å²) in [6, 6.07) is 13.2. The van der Waals surface area contributed by atoms with Crippen LogP contribution in [-0.2, 0) is 35.1 Å². The van der Waals surface area contributed by atoms with Gasteiger partial charge in [0.1, 0.15) is 19.7 Å². The predicted molar refractivity (Wildman–Crippen MR) is 172 cm³/mol. The highest BCUT2D eigenvalue weighted by Gasteiger charge is 2.27. The highest BCUT2D eigenvalue weighted by atomic mass is 32.2. The van der Waals surface area contributed by atoms with Crippen LogP contribution < -0.4 is 5.32 Å². The molecule has 5 aromatic rings. The van der Waals surface area contributed by atoms with Gasteiger partial charge in [0, 0.05) is 22.0 Å². The van der Waals surface area contributed by atoms with Gasteiger partial charge in [-0.05, 0) is 55.8 Å². The van der Waals surface area contributed by atoms with Crippen LogP contribution in [0.4, 0.5) is 11.4 Å². The minimum atomic E-state index is -4.93. The lowest BCUT2D eigenvalue weighted by Gasteiger charge is -2.16. The van der Waals surface area contributed by atoms with Gasteiger partial charge in [-0.15, -0.1) is 11.3 Å². The number of aliphatic hydroxyl groups excluding tert-OH is 1. The van der Waals surface area contributed by atoms with Crippen molar-refractivity contribution in [3.05, 3.63) is 72.3 Å². The van der Waals surface area contributed by atoms with E-state index in [0.29, 0.717) is 0 Å². The smallest absolute Gasteiger partial charge is 0.296 e. The van der Waals surface area contributed by atoms with E-state index in [1.54, 1.807) is 6.07 Å². The number of benzene rings is 4. The van der Waals surface area contributed by atoms with Crippen LogP contribution in [0.25, 0.3) is 31.6 Å². The third-order valence-corrected chi connectivity index (χ3v) is 11.0. The summed E-state index contributed by atoms with van der Waals surface area (Å²) in [4.78, 5) is 16.0. The van der Waals surface area contributed by atoms with Gasteiger partial charge >= 0.3 is 0 Å². The third kappa shape index (κ3) is 7.06. The number of nitrogens with one attached hydrogen (secondary N) is 1. The zero-order chi connectivity index (χ0) is 34.5. The fraction of sp³-hybridized carbons (Fsp3) is 0.143. The molecule has 246 valence electrons. The number of hydrogen-bond acceptors (Lipinski definition) is 12. The molecule has 0 bridgehead atoms. The van der Waals surface area contributed by atoms with Gasteiger partial charge in [-0.25, -0.2) is 4.98 Å². The van der Waals surface area contributed by atoms with Crippen molar-refractivity contribution in [3.8, 4) is 10.6 Å². The van der Waals surface area contributed by atoms with Crippen LogP contribution in [0.3, 0.4) is 0 Å². The summed E-state index contributed by atoms with van der Waals surface area (Å²) >= 11 is 0.771. The highest BCUT2D eigenvalue weighted by molar-refractivity contribution is 7.86. The number of carbonyl (C=O) groups is 1. The second kappa shape index (κ2) is 12.4. The van der Waals surface area contributed by atoms with Crippen molar-refractivity contribution in [2.45, 2.75) is 40.7 Å². The van der Waals surface area contributed by atoms with Crippen LogP contribution in [0.15, 0.2) is 91.6 Å². The molecule has 0 aliphatic carbocycles. The molecule has 47 heavy (non-hydrogen) atoms. The van der Waals surface area contributed by atoms with Crippen molar-refractivity contribution in [2.24, 2.45) is 10.2 Å². The SMILES string of the molecule is Cc1ccc2nc(-c3ccc(N=N[C@H](C(=O)Nc4ccc(S(=O)(=O)O)c5ccccc45)[C@H](C)O)cc3S(=O)(=O)O)sc2c1S(=O)(=O)O. The first-order chi connectivity index (χ1) is 21.9. The Morgan fingerprint density at radius 2 is 1.51 bits per heavy atom. The van der Waals surface area contributed by atoms with Crippen molar-refractivity contribution in [3.63, 3.8) is 0 Å². The van der Waals surface area contributed by atoms with Crippen molar-refractivity contribution in [1.29, 1.82) is 0 Å². The number of aromatic nitrogens is 1. The summed E-state index contributed by atoms with van der Waals surface area (Å²) in [5.74, 6) is -0.862.